The molecule has 1 heterocycles. The Balaban J connectivity index is 2.19. The van der Waals surface area contributed by atoms with Gasteiger partial charge in [-0.1, -0.05) is 66.9 Å². The zero-order valence-corrected chi connectivity index (χ0v) is 24.9. The van der Waals surface area contributed by atoms with E-state index in [0.717, 1.165) is 42.6 Å². The first kappa shape index (κ1) is 28.0. The molecule has 0 amide bonds. The Morgan fingerprint density at radius 2 is 1.67 bits per heavy atom. The maximum absolute atomic E-state index is 6.83. The first-order chi connectivity index (χ1) is 15.1. The Kier molecular flexibility index (Phi) is 8.99. The fourth-order valence-electron chi connectivity index (χ4n) is 4.47. The van der Waals surface area contributed by atoms with Crippen molar-refractivity contribution in [3.8, 4) is 11.5 Å². The summed E-state index contributed by atoms with van der Waals surface area (Å²) in [4.78, 5) is 0. The summed E-state index contributed by atoms with van der Waals surface area (Å²) >= 11 is 0. The van der Waals surface area contributed by atoms with Gasteiger partial charge < -0.3 is 9.16 Å². The Bertz CT molecular complexity index is 844. The van der Waals surface area contributed by atoms with Crippen LogP contribution in [0.2, 0.25) is 18.1 Å². The van der Waals surface area contributed by atoms with Gasteiger partial charge in [-0.3, -0.25) is 0 Å². The minimum atomic E-state index is -1.90. The van der Waals surface area contributed by atoms with Gasteiger partial charge in [-0.2, -0.15) is 0 Å². The third-order valence-electron chi connectivity index (χ3n) is 8.17. The van der Waals surface area contributed by atoms with Crippen molar-refractivity contribution < 1.29 is 9.16 Å². The van der Waals surface area contributed by atoms with Crippen molar-refractivity contribution in [1.29, 1.82) is 0 Å². The molecule has 0 spiro atoms. The first-order valence-corrected chi connectivity index (χ1v) is 16.2. The summed E-state index contributed by atoms with van der Waals surface area (Å²) < 4.78 is 13.6. The molecule has 1 unspecified atom stereocenters. The van der Waals surface area contributed by atoms with Gasteiger partial charge >= 0.3 is 0 Å². The van der Waals surface area contributed by atoms with Gasteiger partial charge in [0, 0.05) is 5.56 Å². The molecule has 0 bridgehead atoms. The average molecular weight is 473 g/mol. The Morgan fingerprint density at radius 3 is 2.24 bits per heavy atom. The number of allylic oxidation sites excluding steroid dienone is 1. The highest BCUT2D eigenvalue weighted by Gasteiger charge is 2.40. The molecule has 0 saturated carbocycles. The molecule has 1 aromatic rings. The molecule has 1 aliphatic heterocycles. The second-order valence-corrected chi connectivity index (χ2v) is 17.6. The summed E-state index contributed by atoms with van der Waals surface area (Å²) in [5.74, 6) is 3.75. The molecule has 1 aliphatic rings. The molecule has 3 heteroatoms. The van der Waals surface area contributed by atoms with E-state index in [1.54, 1.807) is 0 Å². The predicted molar refractivity (Wildman–Crippen MR) is 147 cm³/mol. The number of rotatable bonds is 9. The van der Waals surface area contributed by atoms with Crippen LogP contribution in [0.4, 0.5) is 0 Å². The summed E-state index contributed by atoms with van der Waals surface area (Å²) in [7, 11) is -1.90. The van der Waals surface area contributed by atoms with Crippen LogP contribution >= 0.6 is 0 Å². The molecule has 33 heavy (non-hydrogen) atoms. The number of hydrogen-bond acceptors (Lipinski definition) is 2. The zero-order valence-electron chi connectivity index (χ0n) is 23.9. The van der Waals surface area contributed by atoms with Gasteiger partial charge in [0.15, 0.2) is 0 Å². The summed E-state index contributed by atoms with van der Waals surface area (Å²) in [5, 5.41) is 0.182. The van der Waals surface area contributed by atoms with Gasteiger partial charge in [0.2, 0.25) is 0 Å². The lowest BCUT2D eigenvalue weighted by molar-refractivity contribution is 0.112. The van der Waals surface area contributed by atoms with Crippen LogP contribution in [0.1, 0.15) is 103 Å². The van der Waals surface area contributed by atoms with E-state index in [1.807, 2.05) is 0 Å². The molecule has 0 aliphatic carbocycles. The largest absolute Gasteiger partial charge is 0.543 e. The van der Waals surface area contributed by atoms with Gasteiger partial charge in [0.25, 0.3) is 8.32 Å². The SMILES string of the molecule is Cc1c(C)c2c(c(C)c1O[Si](C)(C)C(C)(C)C)CC[C@](C)(/C=C/CC(C)CCCC(C)C)O2. The van der Waals surface area contributed by atoms with Crippen molar-refractivity contribution in [3.05, 3.63) is 34.4 Å². The topological polar surface area (TPSA) is 18.5 Å². The minimum absolute atomic E-state index is 0.182. The van der Waals surface area contributed by atoms with E-state index >= 15 is 0 Å². The van der Waals surface area contributed by atoms with Gasteiger partial charge in [-0.15, -0.1) is 0 Å². The van der Waals surface area contributed by atoms with Crippen LogP contribution in [0.15, 0.2) is 12.2 Å². The predicted octanol–water partition coefficient (Wildman–Crippen LogP) is 9.49. The summed E-state index contributed by atoms with van der Waals surface area (Å²) in [5.41, 5.74) is 4.88. The maximum Gasteiger partial charge on any atom is 0.250 e. The standard InChI is InChI=1S/C30H52O2Si/c1-21(2)15-13-16-22(3)17-14-19-30(10)20-18-26-25(6)27(23(4)24(5)28(26)31-30)32-33(11,12)29(7,8)9/h14,19,21-22H,13,15-18,20H2,1-12H3/b19-14+/t22?,30-/m0/s1. The van der Waals surface area contributed by atoms with Crippen molar-refractivity contribution >= 4 is 8.32 Å². The van der Waals surface area contributed by atoms with E-state index in [-0.39, 0.29) is 10.6 Å². The lowest BCUT2D eigenvalue weighted by Crippen LogP contribution is -2.44. The molecular weight excluding hydrogens is 420 g/mol. The molecule has 1 aromatic carbocycles. The van der Waals surface area contributed by atoms with Crippen molar-refractivity contribution in [2.45, 2.75) is 131 Å². The van der Waals surface area contributed by atoms with Gasteiger partial charge in [0.05, 0.1) is 0 Å². The maximum atomic E-state index is 6.83. The monoisotopic (exact) mass is 472 g/mol. The average Bonchev–Trinajstić information content (AvgIpc) is 2.68. The van der Waals surface area contributed by atoms with E-state index in [4.69, 9.17) is 9.16 Å². The van der Waals surface area contributed by atoms with Crippen molar-refractivity contribution in [3.63, 3.8) is 0 Å². The van der Waals surface area contributed by atoms with Crippen LogP contribution in [0.5, 0.6) is 11.5 Å². The number of benzene rings is 1. The van der Waals surface area contributed by atoms with E-state index in [2.05, 4.69) is 94.5 Å². The Morgan fingerprint density at radius 1 is 1.03 bits per heavy atom. The highest BCUT2D eigenvalue weighted by atomic mass is 28.4. The smallest absolute Gasteiger partial charge is 0.250 e. The normalized spacial score (nSPS) is 20.2. The van der Waals surface area contributed by atoms with E-state index in [0.29, 0.717) is 0 Å². The van der Waals surface area contributed by atoms with E-state index in [9.17, 15) is 0 Å². The van der Waals surface area contributed by atoms with Crippen LogP contribution in [-0.2, 0) is 6.42 Å². The van der Waals surface area contributed by atoms with Crippen LogP contribution in [0.25, 0.3) is 0 Å². The molecule has 0 radical (unpaired) electrons. The van der Waals surface area contributed by atoms with Crippen LogP contribution in [0.3, 0.4) is 0 Å². The molecular formula is C30H52O2Si. The number of fused-ring (bicyclic) bond motifs is 1. The first-order valence-electron chi connectivity index (χ1n) is 13.3. The molecule has 0 saturated heterocycles. The fourth-order valence-corrected chi connectivity index (χ4v) is 5.60. The van der Waals surface area contributed by atoms with Crippen LogP contribution in [-0.4, -0.2) is 13.9 Å². The number of ether oxygens (including phenoxy) is 1. The molecule has 0 fully saturated rings. The van der Waals surface area contributed by atoms with E-state index < -0.39 is 8.32 Å². The lowest BCUT2D eigenvalue weighted by Gasteiger charge is -2.40. The molecule has 188 valence electrons. The molecule has 2 atom stereocenters. The summed E-state index contributed by atoms with van der Waals surface area (Å²) in [6, 6.07) is 0. The highest BCUT2D eigenvalue weighted by molar-refractivity contribution is 6.74. The fraction of sp³-hybridized carbons (Fsp3) is 0.733. The Labute approximate surface area is 206 Å². The van der Waals surface area contributed by atoms with Gasteiger partial charge in [-0.05, 0) is 99.7 Å². The van der Waals surface area contributed by atoms with Crippen molar-refractivity contribution in [1.82, 2.24) is 0 Å². The molecule has 2 rings (SSSR count). The summed E-state index contributed by atoms with van der Waals surface area (Å²) in [6.07, 6.45) is 11.9. The second-order valence-electron chi connectivity index (χ2n) is 12.9. The molecule has 2 nitrogen and oxygen atoms in total. The molecule has 0 aromatic heterocycles. The third-order valence-corrected chi connectivity index (χ3v) is 12.5. The second kappa shape index (κ2) is 10.6. The van der Waals surface area contributed by atoms with E-state index in [1.165, 1.54) is 41.5 Å². The van der Waals surface area contributed by atoms with Crippen LogP contribution < -0.4 is 9.16 Å². The minimum Gasteiger partial charge on any atom is -0.543 e. The number of hydrogen-bond donors (Lipinski definition) is 0. The molecule has 0 N–H and O–H groups in total. The van der Waals surface area contributed by atoms with Crippen molar-refractivity contribution in [2.24, 2.45) is 11.8 Å². The van der Waals surface area contributed by atoms with Gasteiger partial charge in [-0.25, -0.2) is 0 Å². The third kappa shape index (κ3) is 6.90. The summed E-state index contributed by atoms with van der Waals surface area (Å²) in [6.45, 7) is 27.5. The van der Waals surface area contributed by atoms with Crippen LogP contribution in [0, 0.1) is 32.6 Å². The van der Waals surface area contributed by atoms with Gasteiger partial charge in [0.1, 0.15) is 17.1 Å². The lowest BCUT2D eigenvalue weighted by atomic mass is 9.86. The highest BCUT2D eigenvalue weighted by Crippen LogP contribution is 2.46. The van der Waals surface area contributed by atoms with Crippen molar-refractivity contribution in [2.75, 3.05) is 0 Å². The Hall–Kier alpha value is -1.22. The zero-order chi connectivity index (χ0) is 25.2. The quantitative estimate of drug-likeness (QED) is 0.263.